The summed E-state index contributed by atoms with van der Waals surface area (Å²) < 4.78 is 1.43. The Hall–Kier alpha value is -2.50. The van der Waals surface area contributed by atoms with Crippen LogP contribution in [0, 0.1) is 0 Å². The van der Waals surface area contributed by atoms with Crippen LogP contribution in [0.2, 0.25) is 0 Å². The zero-order valence-corrected chi connectivity index (χ0v) is 12.5. The fourth-order valence-electron chi connectivity index (χ4n) is 3.05. The fraction of sp³-hybridized carbons (Fsp3) is 0.375. The van der Waals surface area contributed by atoms with Gasteiger partial charge in [0.1, 0.15) is 5.82 Å². The standard InChI is InChI=1S/C16H18N6/c1-11(13-7-6-12-4-2-3-5-14(12)10-13)17-15-8-9-16-18-20-21-22(16)19-15/h6-11H,2-5H2,1H3,(H,17,19)/t11-/m1/s1. The van der Waals surface area contributed by atoms with Gasteiger partial charge in [-0.3, -0.25) is 0 Å². The summed E-state index contributed by atoms with van der Waals surface area (Å²) in [6, 6.07) is 10.8. The van der Waals surface area contributed by atoms with E-state index in [9.17, 15) is 0 Å². The van der Waals surface area contributed by atoms with Gasteiger partial charge in [-0.25, -0.2) is 0 Å². The lowest BCUT2D eigenvalue weighted by molar-refractivity contribution is 0.682. The Morgan fingerprint density at radius 3 is 2.86 bits per heavy atom. The van der Waals surface area contributed by atoms with Gasteiger partial charge in [-0.15, -0.1) is 14.8 Å². The van der Waals surface area contributed by atoms with Crippen molar-refractivity contribution in [2.45, 2.75) is 38.6 Å². The quantitative estimate of drug-likeness (QED) is 0.804. The van der Waals surface area contributed by atoms with Crippen LogP contribution in [0.15, 0.2) is 30.3 Å². The lowest BCUT2D eigenvalue weighted by Gasteiger charge is -2.20. The Morgan fingerprint density at radius 1 is 1.09 bits per heavy atom. The summed E-state index contributed by atoms with van der Waals surface area (Å²) in [4.78, 5) is 0. The molecule has 6 nitrogen and oxygen atoms in total. The fourth-order valence-corrected chi connectivity index (χ4v) is 3.05. The van der Waals surface area contributed by atoms with Crippen LogP contribution in [0.3, 0.4) is 0 Å². The van der Waals surface area contributed by atoms with E-state index < -0.39 is 0 Å². The van der Waals surface area contributed by atoms with Gasteiger partial charge < -0.3 is 5.32 Å². The number of aryl methyl sites for hydroxylation is 2. The minimum Gasteiger partial charge on any atom is -0.362 e. The van der Waals surface area contributed by atoms with E-state index in [0.717, 1.165) is 5.82 Å². The minimum atomic E-state index is 0.189. The molecule has 2 aromatic heterocycles. The van der Waals surface area contributed by atoms with Crippen molar-refractivity contribution in [2.24, 2.45) is 0 Å². The summed E-state index contributed by atoms with van der Waals surface area (Å²) >= 11 is 0. The van der Waals surface area contributed by atoms with Gasteiger partial charge in [0.2, 0.25) is 0 Å². The van der Waals surface area contributed by atoms with Gasteiger partial charge in [0, 0.05) is 0 Å². The van der Waals surface area contributed by atoms with Crippen LogP contribution in [0.5, 0.6) is 0 Å². The van der Waals surface area contributed by atoms with Crippen molar-refractivity contribution in [1.82, 2.24) is 25.3 Å². The SMILES string of the molecule is C[C@@H](Nc1ccc2nnnn2n1)c1ccc2c(c1)CCCC2. The monoisotopic (exact) mass is 294 g/mol. The van der Waals surface area contributed by atoms with Gasteiger partial charge in [-0.05, 0) is 71.9 Å². The molecule has 0 saturated heterocycles. The second-order valence-electron chi connectivity index (χ2n) is 5.85. The maximum Gasteiger partial charge on any atom is 0.200 e. The third-order valence-corrected chi connectivity index (χ3v) is 4.31. The second kappa shape index (κ2) is 5.36. The van der Waals surface area contributed by atoms with Gasteiger partial charge in [0.25, 0.3) is 0 Å². The van der Waals surface area contributed by atoms with Crippen LogP contribution in [-0.2, 0) is 12.8 Å². The highest BCUT2D eigenvalue weighted by Gasteiger charge is 2.13. The van der Waals surface area contributed by atoms with Crippen molar-refractivity contribution in [1.29, 1.82) is 0 Å². The Morgan fingerprint density at radius 2 is 1.95 bits per heavy atom. The van der Waals surface area contributed by atoms with Gasteiger partial charge in [-0.2, -0.15) is 0 Å². The number of nitrogens with one attached hydrogen (secondary N) is 1. The van der Waals surface area contributed by atoms with Gasteiger partial charge in [0.15, 0.2) is 5.65 Å². The highest BCUT2D eigenvalue weighted by molar-refractivity contribution is 5.44. The molecule has 1 aromatic carbocycles. The Kier molecular flexibility index (Phi) is 3.21. The van der Waals surface area contributed by atoms with Gasteiger partial charge >= 0.3 is 0 Å². The topological polar surface area (TPSA) is 68.0 Å². The number of rotatable bonds is 3. The maximum absolute atomic E-state index is 4.36. The van der Waals surface area contributed by atoms with Crippen molar-refractivity contribution < 1.29 is 0 Å². The molecule has 0 radical (unpaired) electrons. The van der Waals surface area contributed by atoms with E-state index in [1.165, 1.54) is 47.0 Å². The molecule has 0 bridgehead atoms. The van der Waals surface area contributed by atoms with Crippen LogP contribution in [0.1, 0.15) is 42.5 Å². The molecule has 0 saturated carbocycles. The van der Waals surface area contributed by atoms with E-state index in [0.29, 0.717) is 5.65 Å². The zero-order chi connectivity index (χ0) is 14.9. The highest BCUT2D eigenvalue weighted by Crippen LogP contribution is 2.26. The third kappa shape index (κ3) is 2.41. The van der Waals surface area contributed by atoms with Crippen LogP contribution < -0.4 is 5.32 Å². The first kappa shape index (κ1) is 13.2. The first-order chi connectivity index (χ1) is 10.8. The van der Waals surface area contributed by atoms with Gasteiger partial charge in [-0.1, -0.05) is 18.2 Å². The molecule has 4 rings (SSSR count). The predicted octanol–water partition coefficient (Wildman–Crippen LogP) is 2.57. The molecule has 1 aliphatic carbocycles. The Labute approximate surface area is 128 Å². The Bertz CT molecular complexity index is 809. The van der Waals surface area contributed by atoms with Gasteiger partial charge in [0.05, 0.1) is 6.04 Å². The minimum absolute atomic E-state index is 0.189. The van der Waals surface area contributed by atoms with E-state index in [1.54, 1.807) is 0 Å². The number of aromatic nitrogens is 5. The number of hydrogen-bond donors (Lipinski definition) is 1. The molecule has 1 aliphatic rings. The molecule has 6 heteroatoms. The first-order valence-corrected chi connectivity index (χ1v) is 7.73. The van der Waals surface area contributed by atoms with Crippen molar-refractivity contribution in [3.05, 3.63) is 47.0 Å². The molecule has 22 heavy (non-hydrogen) atoms. The number of anilines is 1. The summed E-state index contributed by atoms with van der Waals surface area (Å²) in [6.45, 7) is 2.15. The van der Waals surface area contributed by atoms with E-state index in [-0.39, 0.29) is 6.04 Å². The zero-order valence-electron chi connectivity index (χ0n) is 12.5. The third-order valence-electron chi connectivity index (χ3n) is 4.31. The predicted molar refractivity (Wildman–Crippen MR) is 83.7 cm³/mol. The van der Waals surface area contributed by atoms with Crippen LogP contribution in [0.4, 0.5) is 5.82 Å². The number of tetrazole rings is 1. The average Bonchev–Trinajstić information content (AvgIpc) is 3.02. The van der Waals surface area contributed by atoms with Crippen LogP contribution >= 0.6 is 0 Å². The maximum atomic E-state index is 4.36. The number of hydrogen-bond acceptors (Lipinski definition) is 5. The summed E-state index contributed by atoms with van der Waals surface area (Å²) in [6.07, 6.45) is 5.03. The summed E-state index contributed by atoms with van der Waals surface area (Å²) in [7, 11) is 0. The highest BCUT2D eigenvalue weighted by atomic mass is 15.6. The summed E-state index contributed by atoms with van der Waals surface area (Å²) in [5.74, 6) is 0.769. The van der Waals surface area contributed by atoms with Crippen molar-refractivity contribution in [2.75, 3.05) is 5.32 Å². The van der Waals surface area contributed by atoms with E-state index in [1.807, 2.05) is 12.1 Å². The molecule has 1 atom stereocenters. The average molecular weight is 294 g/mol. The molecule has 2 heterocycles. The largest absolute Gasteiger partial charge is 0.362 e. The van der Waals surface area contributed by atoms with Crippen molar-refractivity contribution >= 4 is 11.5 Å². The van der Waals surface area contributed by atoms with E-state index in [4.69, 9.17) is 0 Å². The van der Waals surface area contributed by atoms with E-state index >= 15 is 0 Å². The molecular weight excluding hydrogens is 276 g/mol. The summed E-state index contributed by atoms with van der Waals surface area (Å²) in [5.41, 5.74) is 4.95. The molecule has 0 amide bonds. The second-order valence-corrected chi connectivity index (χ2v) is 5.85. The lowest BCUT2D eigenvalue weighted by atomic mass is 9.89. The number of fused-ring (bicyclic) bond motifs is 2. The van der Waals surface area contributed by atoms with Crippen molar-refractivity contribution in [3.8, 4) is 0 Å². The molecule has 0 spiro atoms. The molecular formula is C16H18N6. The van der Waals surface area contributed by atoms with Crippen LogP contribution in [-0.4, -0.2) is 25.3 Å². The molecule has 1 N–H and O–H groups in total. The number of benzene rings is 1. The molecule has 0 aliphatic heterocycles. The molecule has 0 unspecified atom stereocenters. The van der Waals surface area contributed by atoms with Crippen molar-refractivity contribution in [3.63, 3.8) is 0 Å². The molecule has 112 valence electrons. The Balaban J connectivity index is 1.57. The number of nitrogens with zero attached hydrogens (tertiary/aromatic N) is 5. The molecule has 3 aromatic rings. The lowest BCUT2D eigenvalue weighted by Crippen LogP contribution is -2.11. The van der Waals surface area contributed by atoms with E-state index in [2.05, 4.69) is 51.1 Å². The first-order valence-electron chi connectivity index (χ1n) is 7.73. The smallest absolute Gasteiger partial charge is 0.200 e. The normalized spacial score (nSPS) is 15.5. The van der Waals surface area contributed by atoms with Crippen LogP contribution in [0.25, 0.3) is 5.65 Å². The molecule has 0 fully saturated rings. The summed E-state index contributed by atoms with van der Waals surface area (Å²) in [5, 5.41) is 19.1.